The van der Waals surface area contributed by atoms with Crippen LogP contribution in [0.25, 0.3) is 10.9 Å². The molecule has 0 bridgehead atoms. The van der Waals surface area contributed by atoms with E-state index in [0.29, 0.717) is 6.04 Å². The van der Waals surface area contributed by atoms with Crippen LogP contribution >= 0.6 is 0 Å². The second-order valence-electron chi connectivity index (χ2n) is 4.96. The zero-order chi connectivity index (χ0) is 11.7. The van der Waals surface area contributed by atoms with E-state index in [1.165, 1.54) is 47.8 Å². The molecule has 90 valence electrons. The monoisotopic (exact) mass is 228 g/mol. The van der Waals surface area contributed by atoms with Crippen LogP contribution in [0.4, 0.5) is 0 Å². The van der Waals surface area contributed by atoms with E-state index in [1.54, 1.807) is 0 Å². The van der Waals surface area contributed by atoms with Gasteiger partial charge in [-0.2, -0.15) is 0 Å². The molecule has 2 nitrogen and oxygen atoms in total. The average molecular weight is 228 g/mol. The largest absolute Gasteiger partial charge is 0.358 e. The van der Waals surface area contributed by atoms with Gasteiger partial charge in [-0.15, -0.1) is 0 Å². The molecule has 3 rings (SSSR count). The van der Waals surface area contributed by atoms with E-state index in [1.807, 2.05) is 0 Å². The normalized spacial score (nSPS) is 19.5. The van der Waals surface area contributed by atoms with Gasteiger partial charge in [0.25, 0.3) is 0 Å². The molecular formula is C15H20N2. The molecule has 1 aromatic heterocycles. The molecule has 0 spiro atoms. The van der Waals surface area contributed by atoms with Crippen molar-refractivity contribution in [3.8, 4) is 0 Å². The van der Waals surface area contributed by atoms with Crippen LogP contribution in [-0.4, -0.2) is 11.5 Å². The number of para-hydroxylation sites is 1. The van der Waals surface area contributed by atoms with Crippen LogP contribution in [0.15, 0.2) is 24.3 Å². The molecule has 1 aromatic carbocycles. The Labute approximate surface area is 102 Å². The van der Waals surface area contributed by atoms with Gasteiger partial charge >= 0.3 is 0 Å². The minimum Gasteiger partial charge on any atom is -0.358 e. The molecule has 2 aromatic rings. The van der Waals surface area contributed by atoms with Crippen molar-refractivity contribution < 1.29 is 0 Å². The molecule has 0 aliphatic heterocycles. The number of hydrogen-bond donors (Lipinski definition) is 2. The van der Waals surface area contributed by atoms with Gasteiger partial charge in [0, 0.05) is 22.6 Å². The standard InChI is InChI=1S/C15H20N2/c1-2-10-16-13-8-5-9-14-15(13)11-6-3-4-7-12(11)17-14/h3-4,6-7,13,16-17H,2,5,8-10H2,1H3. The molecule has 0 saturated heterocycles. The van der Waals surface area contributed by atoms with Gasteiger partial charge in [0.15, 0.2) is 0 Å². The summed E-state index contributed by atoms with van der Waals surface area (Å²) in [5.74, 6) is 0. The lowest BCUT2D eigenvalue weighted by Crippen LogP contribution is -2.25. The lowest BCUT2D eigenvalue weighted by Gasteiger charge is -2.24. The van der Waals surface area contributed by atoms with Crippen LogP contribution in [0.3, 0.4) is 0 Å². The zero-order valence-corrected chi connectivity index (χ0v) is 10.4. The Kier molecular flexibility index (Phi) is 2.89. The highest BCUT2D eigenvalue weighted by Crippen LogP contribution is 2.35. The zero-order valence-electron chi connectivity index (χ0n) is 10.4. The van der Waals surface area contributed by atoms with Gasteiger partial charge in [0.2, 0.25) is 0 Å². The Morgan fingerprint density at radius 3 is 3.12 bits per heavy atom. The molecule has 0 radical (unpaired) electrons. The molecule has 1 heterocycles. The molecule has 0 amide bonds. The van der Waals surface area contributed by atoms with Crippen LogP contribution in [0.2, 0.25) is 0 Å². The van der Waals surface area contributed by atoms with Crippen molar-refractivity contribution >= 4 is 10.9 Å². The van der Waals surface area contributed by atoms with Gasteiger partial charge in [0.05, 0.1) is 0 Å². The third-order valence-corrected chi connectivity index (χ3v) is 3.74. The minimum atomic E-state index is 0.551. The fraction of sp³-hybridized carbons (Fsp3) is 0.467. The Balaban J connectivity index is 2.04. The lowest BCUT2D eigenvalue weighted by molar-refractivity contribution is 0.461. The van der Waals surface area contributed by atoms with Gasteiger partial charge in [-0.05, 0) is 43.9 Å². The van der Waals surface area contributed by atoms with Crippen LogP contribution in [-0.2, 0) is 6.42 Å². The van der Waals surface area contributed by atoms with Crippen molar-refractivity contribution in [2.45, 2.75) is 38.6 Å². The summed E-state index contributed by atoms with van der Waals surface area (Å²) in [6.45, 7) is 3.34. The second-order valence-corrected chi connectivity index (χ2v) is 4.96. The van der Waals surface area contributed by atoms with Gasteiger partial charge in [-0.25, -0.2) is 0 Å². The quantitative estimate of drug-likeness (QED) is 0.826. The molecule has 1 atom stereocenters. The topological polar surface area (TPSA) is 27.8 Å². The first kappa shape index (κ1) is 10.8. The smallest absolute Gasteiger partial charge is 0.0459 e. The van der Waals surface area contributed by atoms with Crippen LogP contribution in [0.5, 0.6) is 0 Å². The Hall–Kier alpha value is -1.28. The van der Waals surface area contributed by atoms with E-state index < -0.39 is 0 Å². The van der Waals surface area contributed by atoms with E-state index >= 15 is 0 Å². The number of aromatic nitrogens is 1. The molecule has 0 fully saturated rings. The predicted octanol–water partition coefficient (Wildman–Crippen LogP) is 3.54. The number of fused-ring (bicyclic) bond motifs is 3. The van der Waals surface area contributed by atoms with Crippen LogP contribution in [0, 0.1) is 0 Å². The van der Waals surface area contributed by atoms with Crippen molar-refractivity contribution in [1.29, 1.82) is 0 Å². The Morgan fingerprint density at radius 1 is 1.35 bits per heavy atom. The fourth-order valence-electron chi connectivity index (χ4n) is 2.96. The number of aryl methyl sites for hydroxylation is 1. The van der Waals surface area contributed by atoms with Crippen molar-refractivity contribution in [3.05, 3.63) is 35.5 Å². The van der Waals surface area contributed by atoms with Crippen LogP contribution < -0.4 is 5.32 Å². The molecule has 0 saturated carbocycles. The lowest BCUT2D eigenvalue weighted by atomic mass is 9.90. The summed E-state index contributed by atoms with van der Waals surface area (Å²) in [6, 6.07) is 9.23. The third kappa shape index (κ3) is 1.87. The van der Waals surface area contributed by atoms with E-state index in [9.17, 15) is 0 Å². The van der Waals surface area contributed by atoms with Gasteiger partial charge in [-0.3, -0.25) is 0 Å². The van der Waals surface area contributed by atoms with E-state index in [2.05, 4.69) is 41.5 Å². The van der Waals surface area contributed by atoms with E-state index in [4.69, 9.17) is 0 Å². The Bertz CT molecular complexity index is 513. The summed E-state index contributed by atoms with van der Waals surface area (Å²) >= 11 is 0. The number of aromatic amines is 1. The van der Waals surface area contributed by atoms with Crippen molar-refractivity contribution in [2.24, 2.45) is 0 Å². The highest BCUT2D eigenvalue weighted by molar-refractivity contribution is 5.85. The third-order valence-electron chi connectivity index (χ3n) is 3.74. The molecule has 1 unspecified atom stereocenters. The summed E-state index contributed by atoms with van der Waals surface area (Å²) in [5, 5.41) is 5.10. The average Bonchev–Trinajstić information content (AvgIpc) is 2.75. The van der Waals surface area contributed by atoms with Gasteiger partial charge < -0.3 is 10.3 Å². The first-order chi connectivity index (χ1) is 8.40. The number of H-pyrrole nitrogens is 1. The summed E-state index contributed by atoms with van der Waals surface area (Å²) in [7, 11) is 0. The van der Waals surface area contributed by atoms with Gasteiger partial charge in [0.1, 0.15) is 0 Å². The van der Waals surface area contributed by atoms with Crippen molar-refractivity contribution in [2.75, 3.05) is 6.54 Å². The Morgan fingerprint density at radius 2 is 2.24 bits per heavy atom. The highest BCUT2D eigenvalue weighted by Gasteiger charge is 2.23. The number of rotatable bonds is 3. The maximum Gasteiger partial charge on any atom is 0.0459 e. The van der Waals surface area contributed by atoms with E-state index in [0.717, 1.165) is 6.54 Å². The summed E-state index contributed by atoms with van der Waals surface area (Å²) in [5.41, 5.74) is 4.27. The molecular weight excluding hydrogens is 208 g/mol. The SMILES string of the molecule is CCCNC1CCCc2[nH]c3ccccc3c21. The fourth-order valence-corrected chi connectivity index (χ4v) is 2.96. The number of nitrogens with one attached hydrogen (secondary N) is 2. The van der Waals surface area contributed by atoms with Gasteiger partial charge in [-0.1, -0.05) is 25.1 Å². The second kappa shape index (κ2) is 4.53. The van der Waals surface area contributed by atoms with E-state index in [-0.39, 0.29) is 0 Å². The number of hydrogen-bond acceptors (Lipinski definition) is 1. The first-order valence-electron chi connectivity index (χ1n) is 6.73. The maximum absolute atomic E-state index is 3.69. The summed E-state index contributed by atoms with van der Waals surface area (Å²) in [6.07, 6.45) is 4.97. The molecule has 2 heteroatoms. The molecule has 17 heavy (non-hydrogen) atoms. The highest BCUT2D eigenvalue weighted by atomic mass is 14.9. The van der Waals surface area contributed by atoms with Crippen LogP contribution in [0.1, 0.15) is 43.5 Å². The predicted molar refractivity (Wildman–Crippen MR) is 72.3 cm³/mol. The van der Waals surface area contributed by atoms with Crippen molar-refractivity contribution in [3.63, 3.8) is 0 Å². The molecule has 1 aliphatic rings. The number of benzene rings is 1. The van der Waals surface area contributed by atoms with Crippen molar-refractivity contribution in [1.82, 2.24) is 10.3 Å². The first-order valence-corrected chi connectivity index (χ1v) is 6.73. The minimum absolute atomic E-state index is 0.551. The summed E-state index contributed by atoms with van der Waals surface area (Å²) in [4.78, 5) is 3.58. The molecule has 2 N–H and O–H groups in total. The molecule has 1 aliphatic carbocycles. The maximum atomic E-state index is 3.69. The summed E-state index contributed by atoms with van der Waals surface area (Å²) < 4.78 is 0.